The van der Waals surface area contributed by atoms with E-state index in [4.69, 9.17) is 4.74 Å². The Labute approximate surface area is 124 Å². The van der Waals surface area contributed by atoms with Crippen molar-refractivity contribution in [1.29, 1.82) is 0 Å². The van der Waals surface area contributed by atoms with Crippen LogP contribution in [0.25, 0.3) is 0 Å². The van der Waals surface area contributed by atoms with Gasteiger partial charge in [0.25, 0.3) is 0 Å². The highest BCUT2D eigenvalue weighted by molar-refractivity contribution is 5.25. The number of hydrogen-bond acceptors (Lipinski definition) is 3. The molecule has 3 nitrogen and oxygen atoms in total. The van der Waals surface area contributed by atoms with Crippen molar-refractivity contribution in [2.24, 2.45) is 0 Å². The number of nitrogens with zero attached hydrogens (tertiary/aromatic N) is 1. The van der Waals surface area contributed by atoms with E-state index in [9.17, 15) is 0 Å². The zero-order valence-corrected chi connectivity index (χ0v) is 13.5. The third kappa shape index (κ3) is 5.23. The van der Waals surface area contributed by atoms with Crippen molar-refractivity contribution >= 4 is 0 Å². The van der Waals surface area contributed by atoms with Crippen LogP contribution in [-0.2, 0) is 10.2 Å². The Bertz CT molecular complexity index is 355. The molecule has 1 aromatic carbocycles. The minimum Gasteiger partial charge on any atom is -0.380 e. The van der Waals surface area contributed by atoms with E-state index in [1.807, 2.05) is 14.0 Å². The molecule has 0 bridgehead atoms. The quantitative estimate of drug-likeness (QED) is 0.666. The Morgan fingerprint density at radius 2 is 1.90 bits per heavy atom. The molecule has 0 fully saturated rings. The summed E-state index contributed by atoms with van der Waals surface area (Å²) in [5.74, 6) is 0. The van der Waals surface area contributed by atoms with E-state index >= 15 is 0 Å². The van der Waals surface area contributed by atoms with Gasteiger partial charge < -0.3 is 15.0 Å². The molecule has 0 amide bonds. The molecule has 0 aliphatic carbocycles. The molecule has 0 saturated carbocycles. The topological polar surface area (TPSA) is 24.5 Å². The molecule has 0 aliphatic heterocycles. The van der Waals surface area contributed by atoms with Gasteiger partial charge in [-0.1, -0.05) is 44.2 Å². The minimum absolute atomic E-state index is 0.123. The predicted molar refractivity (Wildman–Crippen MR) is 86.3 cm³/mol. The highest BCUT2D eigenvalue weighted by Gasteiger charge is 2.27. The van der Waals surface area contributed by atoms with Crippen molar-refractivity contribution in [2.75, 3.05) is 46.4 Å². The van der Waals surface area contributed by atoms with Crippen molar-refractivity contribution in [3.8, 4) is 0 Å². The number of ether oxygens (including phenoxy) is 1. The third-order valence-electron chi connectivity index (χ3n) is 3.81. The number of benzene rings is 1. The van der Waals surface area contributed by atoms with Gasteiger partial charge in [0, 0.05) is 31.7 Å². The van der Waals surface area contributed by atoms with Gasteiger partial charge in [-0.3, -0.25) is 0 Å². The number of nitrogens with one attached hydrogen (secondary N) is 1. The molecule has 114 valence electrons. The first-order valence-electron chi connectivity index (χ1n) is 7.66. The summed E-state index contributed by atoms with van der Waals surface area (Å²) >= 11 is 0. The maximum absolute atomic E-state index is 5.49. The summed E-state index contributed by atoms with van der Waals surface area (Å²) in [6, 6.07) is 10.8. The SMILES string of the molecule is CCOCCN(CC)CC(C)(CNC)c1ccccc1. The molecule has 1 rings (SSSR count). The van der Waals surface area contributed by atoms with Gasteiger partial charge in [0.2, 0.25) is 0 Å². The van der Waals surface area contributed by atoms with E-state index in [1.165, 1.54) is 5.56 Å². The van der Waals surface area contributed by atoms with Gasteiger partial charge in [-0.15, -0.1) is 0 Å². The van der Waals surface area contributed by atoms with E-state index in [2.05, 4.69) is 54.4 Å². The first-order chi connectivity index (χ1) is 9.66. The first kappa shape index (κ1) is 17.2. The van der Waals surface area contributed by atoms with Gasteiger partial charge >= 0.3 is 0 Å². The zero-order valence-electron chi connectivity index (χ0n) is 13.5. The van der Waals surface area contributed by atoms with Crippen LogP contribution in [0.5, 0.6) is 0 Å². The van der Waals surface area contributed by atoms with Crippen LogP contribution in [0.3, 0.4) is 0 Å². The van der Waals surface area contributed by atoms with Crippen LogP contribution in [0.4, 0.5) is 0 Å². The van der Waals surface area contributed by atoms with Crippen LogP contribution in [0.2, 0.25) is 0 Å². The number of rotatable bonds is 10. The van der Waals surface area contributed by atoms with Crippen molar-refractivity contribution in [2.45, 2.75) is 26.2 Å². The van der Waals surface area contributed by atoms with Crippen LogP contribution >= 0.6 is 0 Å². The molecule has 0 radical (unpaired) electrons. The Kier molecular flexibility index (Phi) is 7.82. The minimum atomic E-state index is 0.123. The number of hydrogen-bond donors (Lipinski definition) is 1. The molecule has 0 aromatic heterocycles. The smallest absolute Gasteiger partial charge is 0.0593 e. The average molecular weight is 278 g/mol. The van der Waals surface area contributed by atoms with Crippen molar-refractivity contribution in [3.63, 3.8) is 0 Å². The summed E-state index contributed by atoms with van der Waals surface area (Å²) in [5.41, 5.74) is 1.52. The maximum atomic E-state index is 5.49. The molecule has 1 N–H and O–H groups in total. The van der Waals surface area contributed by atoms with Gasteiger partial charge in [-0.25, -0.2) is 0 Å². The molecule has 0 heterocycles. The zero-order chi connectivity index (χ0) is 14.8. The summed E-state index contributed by atoms with van der Waals surface area (Å²) in [4.78, 5) is 2.47. The van der Waals surface area contributed by atoms with Crippen molar-refractivity contribution in [1.82, 2.24) is 10.2 Å². The maximum Gasteiger partial charge on any atom is 0.0593 e. The second-order valence-corrected chi connectivity index (χ2v) is 5.52. The lowest BCUT2D eigenvalue weighted by Gasteiger charge is -2.35. The monoisotopic (exact) mass is 278 g/mol. The molecule has 20 heavy (non-hydrogen) atoms. The highest BCUT2D eigenvalue weighted by Crippen LogP contribution is 2.24. The second-order valence-electron chi connectivity index (χ2n) is 5.52. The molecule has 1 unspecified atom stereocenters. The van der Waals surface area contributed by atoms with Gasteiger partial charge in [0.05, 0.1) is 6.61 Å². The van der Waals surface area contributed by atoms with Gasteiger partial charge in [-0.2, -0.15) is 0 Å². The molecule has 1 atom stereocenters. The lowest BCUT2D eigenvalue weighted by atomic mass is 9.81. The van der Waals surface area contributed by atoms with Crippen LogP contribution in [-0.4, -0.2) is 51.3 Å². The Hall–Kier alpha value is -0.900. The molecule has 1 aromatic rings. The first-order valence-corrected chi connectivity index (χ1v) is 7.66. The standard InChI is InChI=1S/C17H30N2O/c1-5-19(12-13-20-6-2)15-17(3,14-18-4)16-10-8-7-9-11-16/h7-11,18H,5-6,12-15H2,1-4H3. The van der Waals surface area contributed by atoms with E-state index < -0.39 is 0 Å². The second kappa shape index (κ2) is 9.11. The van der Waals surface area contributed by atoms with Crippen molar-refractivity contribution < 1.29 is 4.74 Å². The molecule has 0 aliphatic rings. The fraction of sp³-hybridized carbons (Fsp3) is 0.647. The Balaban J connectivity index is 2.74. The predicted octanol–water partition coefficient (Wildman–Crippen LogP) is 2.52. The lowest BCUT2D eigenvalue weighted by Crippen LogP contribution is -2.45. The largest absolute Gasteiger partial charge is 0.380 e. The fourth-order valence-electron chi connectivity index (χ4n) is 2.66. The van der Waals surface area contributed by atoms with E-state index in [-0.39, 0.29) is 5.41 Å². The lowest BCUT2D eigenvalue weighted by molar-refractivity contribution is 0.106. The number of likely N-dealkylation sites (N-methyl/N-ethyl adjacent to an activating group) is 2. The summed E-state index contributed by atoms with van der Waals surface area (Å²) in [7, 11) is 2.03. The summed E-state index contributed by atoms with van der Waals surface area (Å²) in [5, 5.41) is 3.35. The van der Waals surface area contributed by atoms with Gasteiger partial charge in [0.15, 0.2) is 0 Å². The van der Waals surface area contributed by atoms with Crippen LogP contribution in [0.15, 0.2) is 30.3 Å². The van der Waals surface area contributed by atoms with Crippen molar-refractivity contribution in [3.05, 3.63) is 35.9 Å². The average Bonchev–Trinajstić information content (AvgIpc) is 2.47. The third-order valence-corrected chi connectivity index (χ3v) is 3.81. The van der Waals surface area contributed by atoms with E-state index in [0.29, 0.717) is 0 Å². The normalized spacial score (nSPS) is 14.4. The van der Waals surface area contributed by atoms with Gasteiger partial charge in [0.1, 0.15) is 0 Å². The Morgan fingerprint density at radius 1 is 1.20 bits per heavy atom. The summed E-state index contributed by atoms with van der Waals surface area (Å²) < 4.78 is 5.49. The molecule has 0 spiro atoms. The molecule has 0 saturated heterocycles. The van der Waals surface area contributed by atoms with Crippen LogP contribution in [0, 0.1) is 0 Å². The highest BCUT2D eigenvalue weighted by atomic mass is 16.5. The Morgan fingerprint density at radius 3 is 2.45 bits per heavy atom. The van der Waals surface area contributed by atoms with E-state index in [1.54, 1.807) is 0 Å². The van der Waals surface area contributed by atoms with E-state index in [0.717, 1.165) is 39.4 Å². The summed E-state index contributed by atoms with van der Waals surface area (Å²) in [6.07, 6.45) is 0. The fourth-order valence-corrected chi connectivity index (χ4v) is 2.66. The van der Waals surface area contributed by atoms with Gasteiger partial charge in [-0.05, 0) is 26.1 Å². The summed E-state index contributed by atoms with van der Waals surface area (Å²) in [6.45, 7) is 12.3. The van der Waals surface area contributed by atoms with Crippen LogP contribution in [0.1, 0.15) is 26.3 Å². The molecular formula is C17H30N2O. The van der Waals surface area contributed by atoms with Crippen LogP contribution < -0.4 is 5.32 Å². The molecular weight excluding hydrogens is 248 g/mol. The molecule has 3 heteroatoms.